The van der Waals surface area contributed by atoms with Crippen molar-refractivity contribution in [3.63, 3.8) is 0 Å². The van der Waals surface area contributed by atoms with Crippen LogP contribution in [0.2, 0.25) is 0 Å². The van der Waals surface area contributed by atoms with Gasteiger partial charge in [-0.1, -0.05) is 28.7 Å². The summed E-state index contributed by atoms with van der Waals surface area (Å²) < 4.78 is 10.8. The molecule has 0 amide bonds. The lowest BCUT2D eigenvalue weighted by Gasteiger charge is -2.20. The highest BCUT2D eigenvalue weighted by atomic mass is 127. The van der Waals surface area contributed by atoms with E-state index in [1.807, 2.05) is 0 Å². The summed E-state index contributed by atoms with van der Waals surface area (Å²) in [5.41, 5.74) is -1.16. The van der Waals surface area contributed by atoms with Crippen LogP contribution in [0.4, 0.5) is 0 Å². The predicted molar refractivity (Wildman–Crippen MR) is 67.3 cm³/mol. The SMILES string of the molecule is C=CCC1(C(=O)OCC)CC(CI)OC1=O. The molecule has 1 aliphatic rings. The third-order valence-corrected chi connectivity index (χ3v) is 3.55. The Bertz CT molecular complexity index is 302. The number of alkyl halides is 1. The van der Waals surface area contributed by atoms with Gasteiger partial charge in [-0.05, 0) is 13.3 Å². The number of halogens is 1. The van der Waals surface area contributed by atoms with Gasteiger partial charge in [0.2, 0.25) is 0 Å². The predicted octanol–water partition coefficient (Wildman–Crippen LogP) is 1.86. The van der Waals surface area contributed by atoms with Gasteiger partial charge in [-0.25, -0.2) is 0 Å². The summed E-state index contributed by atoms with van der Waals surface area (Å²) in [5.74, 6) is -0.972. The van der Waals surface area contributed by atoms with E-state index in [0.717, 1.165) is 0 Å². The van der Waals surface area contributed by atoms with Crippen LogP contribution >= 0.6 is 22.6 Å². The topological polar surface area (TPSA) is 52.6 Å². The third kappa shape index (κ3) is 2.39. The number of carbonyl (C=O) groups is 2. The Hall–Kier alpha value is -0.590. The molecule has 2 atom stereocenters. The number of rotatable bonds is 5. The fourth-order valence-electron chi connectivity index (χ4n) is 1.80. The Kier molecular flexibility index (Phi) is 4.76. The van der Waals surface area contributed by atoms with Crippen LogP contribution in [0.25, 0.3) is 0 Å². The monoisotopic (exact) mass is 338 g/mol. The average Bonchev–Trinajstić information content (AvgIpc) is 2.58. The van der Waals surface area contributed by atoms with Crippen LogP contribution in [0.5, 0.6) is 0 Å². The van der Waals surface area contributed by atoms with Gasteiger partial charge in [0.15, 0.2) is 5.41 Å². The lowest BCUT2D eigenvalue weighted by Crippen LogP contribution is -2.37. The third-order valence-electron chi connectivity index (χ3n) is 2.57. The fourth-order valence-corrected chi connectivity index (χ4v) is 2.29. The van der Waals surface area contributed by atoms with E-state index in [-0.39, 0.29) is 19.1 Å². The van der Waals surface area contributed by atoms with Gasteiger partial charge in [-0.2, -0.15) is 0 Å². The molecule has 2 unspecified atom stereocenters. The average molecular weight is 338 g/mol. The normalized spacial score (nSPS) is 28.6. The van der Waals surface area contributed by atoms with Gasteiger partial charge in [-0.3, -0.25) is 9.59 Å². The van der Waals surface area contributed by atoms with Crippen LogP contribution in [0.3, 0.4) is 0 Å². The number of cyclic esters (lactones) is 1. The van der Waals surface area contributed by atoms with Gasteiger partial charge in [0.1, 0.15) is 6.10 Å². The first-order chi connectivity index (χ1) is 7.60. The first kappa shape index (κ1) is 13.5. The molecule has 1 rings (SSSR count). The summed E-state index contributed by atoms with van der Waals surface area (Å²) in [6.45, 7) is 5.56. The summed E-state index contributed by atoms with van der Waals surface area (Å²) in [4.78, 5) is 23.7. The minimum atomic E-state index is -1.16. The lowest BCUT2D eigenvalue weighted by molar-refractivity contribution is -0.164. The van der Waals surface area contributed by atoms with Crippen molar-refractivity contribution >= 4 is 34.5 Å². The minimum absolute atomic E-state index is 0.197. The molecule has 1 fully saturated rings. The molecule has 4 nitrogen and oxygen atoms in total. The number of esters is 2. The van der Waals surface area contributed by atoms with Crippen LogP contribution in [0.1, 0.15) is 19.8 Å². The van der Waals surface area contributed by atoms with Crippen LogP contribution in [-0.4, -0.2) is 29.1 Å². The van der Waals surface area contributed by atoms with Gasteiger partial charge >= 0.3 is 11.9 Å². The molecule has 0 spiro atoms. The highest BCUT2D eigenvalue weighted by Gasteiger charge is 2.54. The van der Waals surface area contributed by atoms with Crippen molar-refractivity contribution in [2.45, 2.75) is 25.9 Å². The van der Waals surface area contributed by atoms with Gasteiger partial charge in [0.05, 0.1) is 6.61 Å². The zero-order chi connectivity index (χ0) is 12.2. The fraction of sp³-hybridized carbons (Fsp3) is 0.636. The Labute approximate surface area is 109 Å². The number of carbonyl (C=O) groups excluding carboxylic acids is 2. The van der Waals surface area contributed by atoms with Crippen molar-refractivity contribution in [1.29, 1.82) is 0 Å². The van der Waals surface area contributed by atoms with Crippen LogP contribution in [0.15, 0.2) is 12.7 Å². The van der Waals surface area contributed by atoms with E-state index in [1.165, 1.54) is 0 Å². The Morgan fingerprint density at radius 2 is 2.50 bits per heavy atom. The number of hydrogen-bond acceptors (Lipinski definition) is 4. The van der Waals surface area contributed by atoms with Crippen molar-refractivity contribution in [3.8, 4) is 0 Å². The van der Waals surface area contributed by atoms with Crippen molar-refractivity contribution in [2.24, 2.45) is 5.41 Å². The first-order valence-electron chi connectivity index (χ1n) is 5.16. The molecule has 90 valence electrons. The Morgan fingerprint density at radius 1 is 1.81 bits per heavy atom. The second-order valence-electron chi connectivity index (χ2n) is 3.68. The van der Waals surface area contributed by atoms with E-state index >= 15 is 0 Å². The Morgan fingerprint density at radius 3 is 2.94 bits per heavy atom. The van der Waals surface area contributed by atoms with E-state index < -0.39 is 17.4 Å². The van der Waals surface area contributed by atoms with Gasteiger partial charge in [0, 0.05) is 10.8 Å². The first-order valence-corrected chi connectivity index (χ1v) is 6.68. The van der Waals surface area contributed by atoms with Gasteiger partial charge < -0.3 is 9.47 Å². The molecule has 0 saturated carbocycles. The van der Waals surface area contributed by atoms with Crippen LogP contribution in [-0.2, 0) is 19.1 Å². The second kappa shape index (κ2) is 5.65. The van der Waals surface area contributed by atoms with Crippen LogP contribution < -0.4 is 0 Å². The Balaban J connectivity index is 2.92. The number of allylic oxidation sites excluding steroid dienone is 1. The molecule has 1 saturated heterocycles. The summed E-state index contributed by atoms with van der Waals surface area (Å²) in [6.07, 6.45) is 2.03. The molecule has 0 N–H and O–H groups in total. The maximum Gasteiger partial charge on any atom is 0.324 e. The maximum absolute atomic E-state index is 11.9. The largest absolute Gasteiger partial charge is 0.465 e. The highest BCUT2D eigenvalue weighted by molar-refractivity contribution is 14.1. The van der Waals surface area contributed by atoms with E-state index in [9.17, 15) is 9.59 Å². The minimum Gasteiger partial charge on any atom is -0.465 e. The molecule has 1 heterocycles. The molecule has 0 aliphatic carbocycles. The van der Waals surface area contributed by atoms with Gasteiger partial charge in [0.25, 0.3) is 0 Å². The smallest absolute Gasteiger partial charge is 0.324 e. The van der Waals surface area contributed by atoms with Crippen molar-refractivity contribution in [2.75, 3.05) is 11.0 Å². The number of hydrogen-bond donors (Lipinski definition) is 0. The van der Waals surface area contributed by atoms with E-state index in [0.29, 0.717) is 10.8 Å². The lowest BCUT2D eigenvalue weighted by atomic mass is 9.81. The second-order valence-corrected chi connectivity index (χ2v) is 4.56. The summed E-state index contributed by atoms with van der Waals surface area (Å²) >= 11 is 2.13. The van der Waals surface area contributed by atoms with Crippen molar-refractivity contribution in [1.82, 2.24) is 0 Å². The molecular weight excluding hydrogens is 323 g/mol. The maximum atomic E-state index is 11.9. The molecule has 0 radical (unpaired) electrons. The molecule has 1 aliphatic heterocycles. The summed E-state index contributed by atoms with van der Waals surface area (Å²) in [5, 5.41) is 0. The van der Waals surface area contributed by atoms with Crippen LogP contribution in [0, 0.1) is 5.41 Å². The van der Waals surface area contributed by atoms with E-state index in [2.05, 4.69) is 29.2 Å². The van der Waals surface area contributed by atoms with Gasteiger partial charge in [-0.15, -0.1) is 6.58 Å². The zero-order valence-corrected chi connectivity index (χ0v) is 11.4. The number of ether oxygens (including phenoxy) is 2. The standard InChI is InChI=1S/C11H15IO4/c1-3-5-11(9(13)15-4-2)6-8(7-12)16-10(11)14/h3,8H,1,4-7H2,2H3. The molecule has 0 bridgehead atoms. The molecule has 0 aromatic carbocycles. The van der Waals surface area contributed by atoms with E-state index in [4.69, 9.17) is 9.47 Å². The quantitative estimate of drug-likeness (QED) is 0.252. The summed E-state index contributed by atoms with van der Waals surface area (Å²) in [7, 11) is 0. The molecule has 5 heteroatoms. The van der Waals surface area contributed by atoms with E-state index in [1.54, 1.807) is 13.0 Å². The van der Waals surface area contributed by atoms with Crippen molar-refractivity contribution < 1.29 is 19.1 Å². The molecule has 0 aromatic rings. The molecular formula is C11H15IO4. The summed E-state index contributed by atoms with van der Waals surface area (Å²) in [6, 6.07) is 0. The molecule has 0 aromatic heterocycles. The zero-order valence-electron chi connectivity index (χ0n) is 9.20. The molecule has 16 heavy (non-hydrogen) atoms. The van der Waals surface area contributed by atoms with Crippen molar-refractivity contribution in [3.05, 3.63) is 12.7 Å². The highest BCUT2D eigenvalue weighted by Crippen LogP contribution is 2.39.